The van der Waals surface area contributed by atoms with Crippen LogP contribution in [0.2, 0.25) is 0 Å². The fourth-order valence-electron chi connectivity index (χ4n) is 2.48. The van der Waals surface area contributed by atoms with Gasteiger partial charge >= 0.3 is 0 Å². The first kappa shape index (κ1) is 17.7. The SMILES string of the molecule is CN=C(NCc1cc(C)cc(OC)c1)NCc1ccccc1OC. The van der Waals surface area contributed by atoms with E-state index >= 15 is 0 Å². The number of aryl methyl sites for hydroxylation is 1. The number of ether oxygens (including phenoxy) is 2. The number of rotatable bonds is 6. The molecule has 0 amide bonds. The molecule has 0 unspecified atom stereocenters. The smallest absolute Gasteiger partial charge is 0.191 e. The highest BCUT2D eigenvalue weighted by molar-refractivity contribution is 5.79. The molecule has 0 spiro atoms. The Morgan fingerprint density at radius 3 is 2.46 bits per heavy atom. The molecular weight excluding hydrogens is 302 g/mol. The van der Waals surface area contributed by atoms with E-state index in [-0.39, 0.29) is 0 Å². The Morgan fingerprint density at radius 1 is 1.00 bits per heavy atom. The summed E-state index contributed by atoms with van der Waals surface area (Å²) >= 11 is 0. The minimum atomic E-state index is 0.640. The standard InChI is InChI=1S/C19H25N3O2/c1-14-9-15(11-17(10-14)23-3)12-21-19(20-2)22-13-16-7-5-6-8-18(16)24-4/h5-11H,12-13H2,1-4H3,(H2,20,21,22). The molecule has 2 aromatic carbocycles. The van der Waals surface area contributed by atoms with Crippen LogP contribution in [0, 0.1) is 6.92 Å². The van der Waals surface area contributed by atoms with Crippen LogP contribution in [0.1, 0.15) is 16.7 Å². The highest BCUT2D eigenvalue weighted by atomic mass is 16.5. The molecule has 0 aromatic heterocycles. The normalized spacial score (nSPS) is 11.1. The van der Waals surface area contributed by atoms with Crippen LogP contribution >= 0.6 is 0 Å². The van der Waals surface area contributed by atoms with Crippen molar-refractivity contribution >= 4 is 5.96 Å². The maximum Gasteiger partial charge on any atom is 0.191 e. The monoisotopic (exact) mass is 327 g/mol. The molecule has 0 aliphatic carbocycles. The minimum Gasteiger partial charge on any atom is -0.497 e. The lowest BCUT2D eigenvalue weighted by Gasteiger charge is -2.14. The lowest BCUT2D eigenvalue weighted by molar-refractivity contribution is 0.409. The number of hydrogen-bond acceptors (Lipinski definition) is 3. The highest BCUT2D eigenvalue weighted by Crippen LogP contribution is 2.17. The Balaban J connectivity index is 1.94. The molecule has 2 rings (SSSR count). The van der Waals surface area contributed by atoms with Gasteiger partial charge in [0.2, 0.25) is 0 Å². The number of nitrogens with one attached hydrogen (secondary N) is 2. The largest absolute Gasteiger partial charge is 0.497 e. The third kappa shape index (κ3) is 4.91. The van der Waals surface area contributed by atoms with Crippen LogP contribution in [0.25, 0.3) is 0 Å². The fraction of sp³-hybridized carbons (Fsp3) is 0.316. The molecule has 0 saturated carbocycles. The second kappa shape index (κ2) is 8.82. The molecular formula is C19H25N3O2. The van der Waals surface area contributed by atoms with Crippen LogP contribution in [-0.4, -0.2) is 27.2 Å². The highest BCUT2D eigenvalue weighted by Gasteiger charge is 2.04. The minimum absolute atomic E-state index is 0.640. The summed E-state index contributed by atoms with van der Waals surface area (Å²) in [7, 11) is 5.12. The van der Waals surface area contributed by atoms with Gasteiger partial charge in [-0.1, -0.05) is 24.3 Å². The molecule has 0 fully saturated rings. The second-order valence-electron chi connectivity index (χ2n) is 5.45. The topological polar surface area (TPSA) is 54.9 Å². The van der Waals surface area contributed by atoms with Crippen molar-refractivity contribution in [3.8, 4) is 11.5 Å². The number of para-hydroxylation sites is 1. The van der Waals surface area contributed by atoms with Crippen molar-refractivity contribution < 1.29 is 9.47 Å². The third-order valence-electron chi connectivity index (χ3n) is 3.67. The van der Waals surface area contributed by atoms with Crippen molar-refractivity contribution in [1.29, 1.82) is 0 Å². The van der Waals surface area contributed by atoms with Gasteiger partial charge in [-0.15, -0.1) is 0 Å². The van der Waals surface area contributed by atoms with Crippen LogP contribution in [0.15, 0.2) is 47.5 Å². The number of hydrogen-bond donors (Lipinski definition) is 2. The molecule has 0 bridgehead atoms. The summed E-state index contributed by atoms with van der Waals surface area (Å²) in [5.74, 6) is 2.47. The quantitative estimate of drug-likeness (QED) is 0.633. The van der Waals surface area contributed by atoms with E-state index in [4.69, 9.17) is 9.47 Å². The van der Waals surface area contributed by atoms with Crippen molar-refractivity contribution in [2.24, 2.45) is 4.99 Å². The predicted molar refractivity (Wildman–Crippen MR) is 97.8 cm³/mol. The van der Waals surface area contributed by atoms with Gasteiger partial charge in [0.15, 0.2) is 5.96 Å². The summed E-state index contributed by atoms with van der Waals surface area (Å²) in [5.41, 5.74) is 3.40. The third-order valence-corrected chi connectivity index (χ3v) is 3.67. The summed E-state index contributed by atoms with van der Waals surface area (Å²) in [6.45, 7) is 3.37. The van der Waals surface area contributed by atoms with Gasteiger partial charge in [0.1, 0.15) is 11.5 Å². The van der Waals surface area contributed by atoms with E-state index in [9.17, 15) is 0 Å². The maximum atomic E-state index is 5.37. The van der Waals surface area contributed by atoms with Gasteiger partial charge < -0.3 is 20.1 Å². The Bertz CT molecular complexity index is 699. The van der Waals surface area contributed by atoms with E-state index < -0.39 is 0 Å². The Labute approximate surface area is 143 Å². The molecule has 5 heteroatoms. The van der Waals surface area contributed by atoms with Gasteiger partial charge in [-0.25, -0.2) is 0 Å². The Kier molecular flexibility index (Phi) is 6.49. The summed E-state index contributed by atoms with van der Waals surface area (Å²) in [6.07, 6.45) is 0. The Morgan fingerprint density at radius 2 is 1.75 bits per heavy atom. The van der Waals surface area contributed by atoms with Gasteiger partial charge in [-0.3, -0.25) is 4.99 Å². The molecule has 0 aliphatic heterocycles. The van der Waals surface area contributed by atoms with E-state index in [2.05, 4.69) is 28.6 Å². The van der Waals surface area contributed by atoms with Crippen LogP contribution in [0.4, 0.5) is 0 Å². The maximum absolute atomic E-state index is 5.37. The zero-order chi connectivity index (χ0) is 17.4. The molecule has 128 valence electrons. The molecule has 0 radical (unpaired) electrons. The summed E-state index contributed by atoms with van der Waals surface area (Å²) in [5, 5.41) is 6.62. The van der Waals surface area contributed by atoms with Crippen LogP contribution < -0.4 is 20.1 Å². The lowest BCUT2D eigenvalue weighted by atomic mass is 10.1. The first-order chi connectivity index (χ1) is 11.7. The van der Waals surface area contributed by atoms with Crippen molar-refractivity contribution in [1.82, 2.24) is 10.6 Å². The van der Waals surface area contributed by atoms with Gasteiger partial charge in [0.05, 0.1) is 14.2 Å². The zero-order valence-electron chi connectivity index (χ0n) is 14.7. The predicted octanol–water partition coefficient (Wildman–Crippen LogP) is 2.88. The zero-order valence-corrected chi connectivity index (χ0v) is 14.7. The molecule has 24 heavy (non-hydrogen) atoms. The molecule has 0 atom stereocenters. The number of aliphatic imine (C=N–C) groups is 1. The summed E-state index contributed by atoms with van der Waals surface area (Å²) < 4.78 is 10.7. The number of guanidine groups is 1. The number of benzene rings is 2. The molecule has 0 saturated heterocycles. The average Bonchev–Trinajstić information content (AvgIpc) is 2.61. The van der Waals surface area contributed by atoms with Crippen molar-refractivity contribution in [2.45, 2.75) is 20.0 Å². The van der Waals surface area contributed by atoms with Gasteiger partial charge in [0.25, 0.3) is 0 Å². The van der Waals surface area contributed by atoms with E-state index in [0.717, 1.165) is 28.6 Å². The van der Waals surface area contributed by atoms with Gasteiger partial charge in [0, 0.05) is 25.7 Å². The number of methoxy groups -OCH3 is 2. The van der Waals surface area contributed by atoms with Crippen LogP contribution in [0.5, 0.6) is 11.5 Å². The van der Waals surface area contributed by atoms with Crippen LogP contribution in [-0.2, 0) is 13.1 Å². The molecule has 0 aliphatic rings. The molecule has 5 nitrogen and oxygen atoms in total. The van der Waals surface area contributed by atoms with E-state index in [1.54, 1.807) is 21.3 Å². The fourth-order valence-corrected chi connectivity index (χ4v) is 2.48. The van der Waals surface area contributed by atoms with Gasteiger partial charge in [-0.05, 0) is 36.2 Å². The van der Waals surface area contributed by atoms with E-state index in [0.29, 0.717) is 13.1 Å². The summed E-state index contributed by atoms with van der Waals surface area (Å²) in [4.78, 5) is 4.26. The molecule has 2 N–H and O–H groups in total. The van der Waals surface area contributed by atoms with Crippen molar-refractivity contribution in [3.63, 3.8) is 0 Å². The van der Waals surface area contributed by atoms with E-state index in [1.165, 1.54) is 5.56 Å². The Hall–Kier alpha value is -2.69. The number of nitrogens with zero attached hydrogens (tertiary/aromatic N) is 1. The lowest BCUT2D eigenvalue weighted by Crippen LogP contribution is -2.36. The average molecular weight is 327 g/mol. The molecule has 2 aromatic rings. The summed E-state index contributed by atoms with van der Waals surface area (Å²) in [6, 6.07) is 14.1. The molecule has 0 heterocycles. The van der Waals surface area contributed by atoms with Crippen LogP contribution in [0.3, 0.4) is 0 Å². The second-order valence-corrected chi connectivity index (χ2v) is 5.45. The first-order valence-electron chi connectivity index (χ1n) is 7.87. The van der Waals surface area contributed by atoms with E-state index in [1.807, 2.05) is 36.4 Å². The van der Waals surface area contributed by atoms with Gasteiger partial charge in [-0.2, -0.15) is 0 Å². The van der Waals surface area contributed by atoms with Crippen molar-refractivity contribution in [2.75, 3.05) is 21.3 Å². The first-order valence-corrected chi connectivity index (χ1v) is 7.87. The van der Waals surface area contributed by atoms with Crippen molar-refractivity contribution in [3.05, 3.63) is 59.2 Å².